The molecule has 0 spiro atoms. The fraction of sp³-hybridized carbons (Fsp3) is 0.778. The molecular formula is C9H16INO3. The molecule has 0 aliphatic carbocycles. The minimum absolute atomic E-state index is 0.0943. The third-order valence-electron chi connectivity index (χ3n) is 1.63. The van der Waals surface area contributed by atoms with Gasteiger partial charge in [-0.05, 0) is 12.3 Å². The summed E-state index contributed by atoms with van der Waals surface area (Å²) >= 11 is 1.68. The van der Waals surface area contributed by atoms with Gasteiger partial charge in [0.15, 0.2) is 0 Å². The fourth-order valence-corrected chi connectivity index (χ4v) is 1.99. The normalized spacial score (nSPS) is 13.2. The molecule has 4 nitrogen and oxygen atoms in total. The molecule has 1 unspecified atom stereocenters. The molecule has 0 heterocycles. The van der Waals surface area contributed by atoms with Crippen LogP contribution in [0, 0.1) is 5.41 Å². The molecule has 0 radical (unpaired) electrons. The Morgan fingerprint density at radius 1 is 1.43 bits per heavy atom. The number of amides is 1. The molecule has 0 fully saturated rings. The van der Waals surface area contributed by atoms with Crippen LogP contribution in [-0.4, -0.2) is 22.5 Å². The highest BCUT2D eigenvalue weighted by Gasteiger charge is 2.31. The van der Waals surface area contributed by atoms with Crippen molar-refractivity contribution in [1.82, 2.24) is 5.32 Å². The molecule has 0 aromatic heterocycles. The van der Waals surface area contributed by atoms with E-state index in [9.17, 15) is 9.59 Å². The number of carbonyl (C=O) groups is 2. The first-order valence-electron chi connectivity index (χ1n) is 4.41. The first-order chi connectivity index (χ1) is 6.29. The van der Waals surface area contributed by atoms with E-state index in [4.69, 9.17) is 4.74 Å². The maximum absolute atomic E-state index is 11.2. The smallest absolute Gasteiger partial charge is 0.407 e. The fourth-order valence-electron chi connectivity index (χ4n) is 0.904. The van der Waals surface area contributed by atoms with Gasteiger partial charge in [-0.25, -0.2) is 4.79 Å². The number of hydrogen-bond donors (Lipinski definition) is 1. The van der Waals surface area contributed by atoms with Crippen LogP contribution in [0.2, 0.25) is 0 Å². The largest absolute Gasteiger partial charge is 0.450 e. The molecule has 1 atom stereocenters. The summed E-state index contributed by atoms with van der Waals surface area (Å²) < 4.78 is 4.62. The first kappa shape index (κ1) is 13.7. The Kier molecular flexibility index (Phi) is 5.40. The first-order valence-corrected chi connectivity index (χ1v) is 5.49. The quantitative estimate of drug-likeness (QED) is 0.641. The Hall–Kier alpha value is -0.330. The van der Waals surface area contributed by atoms with Gasteiger partial charge in [-0.1, -0.05) is 20.8 Å². The molecule has 0 aliphatic heterocycles. The van der Waals surface area contributed by atoms with Gasteiger partial charge in [0, 0.05) is 22.6 Å². The van der Waals surface area contributed by atoms with E-state index in [-0.39, 0.29) is 9.20 Å². The third kappa shape index (κ3) is 4.78. The van der Waals surface area contributed by atoms with Crippen molar-refractivity contribution < 1.29 is 14.3 Å². The third-order valence-corrected chi connectivity index (χ3v) is 2.25. The second kappa shape index (κ2) is 5.53. The van der Waals surface area contributed by atoms with Crippen molar-refractivity contribution >= 4 is 32.5 Å². The predicted molar refractivity (Wildman–Crippen MR) is 62.4 cm³/mol. The summed E-state index contributed by atoms with van der Waals surface area (Å²) in [6, 6.07) is -0.512. The van der Waals surface area contributed by atoms with Crippen LogP contribution in [0.4, 0.5) is 4.79 Å². The van der Waals surface area contributed by atoms with Crippen LogP contribution < -0.4 is 5.32 Å². The van der Waals surface area contributed by atoms with Crippen LogP contribution in [0.25, 0.3) is 0 Å². The van der Waals surface area contributed by atoms with E-state index in [2.05, 4.69) is 5.32 Å². The molecule has 0 bridgehead atoms. The van der Waals surface area contributed by atoms with Crippen LogP contribution in [0.5, 0.6) is 0 Å². The number of ether oxygens (including phenoxy) is 1. The van der Waals surface area contributed by atoms with Crippen molar-refractivity contribution in [3.63, 3.8) is 0 Å². The lowest BCUT2D eigenvalue weighted by molar-refractivity contribution is -0.113. The second-order valence-corrected chi connectivity index (χ2v) is 5.03. The Bertz CT molecular complexity index is 223. The summed E-state index contributed by atoms with van der Waals surface area (Å²) in [6.45, 7) is 7.69. The van der Waals surface area contributed by atoms with Gasteiger partial charge in [0.25, 0.3) is 0 Å². The Labute approximate surface area is 97.9 Å². The predicted octanol–water partition coefficient (Wildman–Crippen LogP) is 2.11. The van der Waals surface area contributed by atoms with Crippen molar-refractivity contribution in [2.75, 3.05) is 6.61 Å². The van der Waals surface area contributed by atoms with Crippen LogP contribution in [0.15, 0.2) is 0 Å². The number of nitrogens with one attached hydrogen (secondary N) is 1. The number of carbonyl (C=O) groups excluding carboxylic acids is 2. The van der Waals surface area contributed by atoms with E-state index >= 15 is 0 Å². The average molecular weight is 313 g/mol. The van der Waals surface area contributed by atoms with Crippen LogP contribution in [-0.2, 0) is 9.53 Å². The minimum atomic E-state index is -0.544. The molecule has 0 aliphatic rings. The number of hydrogen-bond acceptors (Lipinski definition) is 3. The van der Waals surface area contributed by atoms with E-state index in [1.165, 1.54) is 0 Å². The molecule has 0 rings (SSSR count). The highest BCUT2D eigenvalue weighted by molar-refractivity contribution is 14.1. The van der Waals surface area contributed by atoms with Gasteiger partial charge < -0.3 is 10.1 Å². The van der Waals surface area contributed by atoms with E-state index in [0.717, 1.165) is 0 Å². The molecule has 5 heteroatoms. The second-order valence-electron chi connectivity index (χ2n) is 3.97. The van der Waals surface area contributed by atoms with Gasteiger partial charge in [0.2, 0.25) is 3.79 Å². The Morgan fingerprint density at radius 2 is 1.93 bits per heavy atom. The zero-order valence-electron chi connectivity index (χ0n) is 8.89. The van der Waals surface area contributed by atoms with Crippen molar-refractivity contribution in [2.24, 2.45) is 5.41 Å². The highest BCUT2D eigenvalue weighted by Crippen LogP contribution is 2.21. The molecule has 1 N–H and O–H groups in total. The standard InChI is InChI=1S/C9H16INO3/c1-5-14-8(13)11-6(7(10)12)9(2,3)4/h6H,5H2,1-4H3,(H,11,13). The monoisotopic (exact) mass is 313 g/mol. The number of rotatable bonds is 3. The van der Waals surface area contributed by atoms with E-state index in [1.807, 2.05) is 20.8 Å². The van der Waals surface area contributed by atoms with E-state index in [0.29, 0.717) is 6.61 Å². The van der Waals surface area contributed by atoms with Gasteiger partial charge in [0.05, 0.1) is 6.61 Å². The number of halogens is 1. The van der Waals surface area contributed by atoms with Crippen molar-refractivity contribution in [2.45, 2.75) is 33.7 Å². The van der Waals surface area contributed by atoms with E-state index in [1.54, 1.807) is 29.5 Å². The Morgan fingerprint density at radius 3 is 2.21 bits per heavy atom. The SMILES string of the molecule is CCOC(=O)NC(C(=O)I)C(C)(C)C. The molecule has 82 valence electrons. The van der Waals surface area contributed by atoms with Crippen LogP contribution in [0.1, 0.15) is 27.7 Å². The van der Waals surface area contributed by atoms with Crippen LogP contribution >= 0.6 is 22.6 Å². The lowest BCUT2D eigenvalue weighted by Gasteiger charge is -2.27. The van der Waals surface area contributed by atoms with Gasteiger partial charge in [-0.15, -0.1) is 0 Å². The Balaban J connectivity index is 4.40. The van der Waals surface area contributed by atoms with Gasteiger partial charge in [-0.3, -0.25) is 4.79 Å². The minimum Gasteiger partial charge on any atom is -0.450 e. The summed E-state index contributed by atoms with van der Waals surface area (Å²) in [5.41, 5.74) is -0.301. The topological polar surface area (TPSA) is 55.4 Å². The van der Waals surface area contributed by atoms with Crippen LogP contribution in [0.3, 0.4) is 0 Å². The van der Waals surface area contributed by atoms with Crippen molar-refractivity contribution in [3.8, 4) is 0 Å². The molecule has 0 saturated heterocycles. The zero-order chi connectivity index (χ0) is 11.4. The highest BCUT2D eigenvalue weighted by atomic mass is 127. The van der Waals surface area contributed by atoms with Crippen molar-refractivity contribution in [3.05, 3.63) is 0 Å². The van der Waals surface area contributed by atoms with Gasteiger partial charge in [-0.2, -0.15) is 0 Å². The average Bonchev–Trinajstić information content (AvgIpc) is 1.98. The van der Waals surface area contributed by atoms with E-state index < -0.39 is 12.1 Å². The van der Waals surface area contributed by atoms with Gasteiger partial charge >= 0.3 is 6.09 Å². The van der Waals surface area contributed by atoms with Crippen molar-refractivity contribution in [1.29, 1.82) is 0 Å². The van der Waals surface area contributed by atoms with Gasteiger partial charge in [0.1, 0.15) is 6.04 Å². The lowest BCUT2D eigenvalue weighted by Crippen LogP contribution is -2.47. The summed E-state index contributed by atoms with van der Waals surface area (Å²) in [7, 11) is 0. The molecule has 0 aromatic carbocycles. The summed E-state index contributed by atoms with van der Waals surface area (Å²) in [5, 5.41) is 2.54. The molecule has 1 amide bonds. The molecule has 0 saturated carbocycles. The maximum atomic E-state index is 11.2. The summed E-state index contributed by atoms with van der Waals surface area (Å²) in [6.07, 6.45) is -0.544. The number of alkyl carbamates (subject to hydrolysis) is 1. The summed E-state index contributed by atoms with van der Waals surface area (Å²) in [4.78, 5) is 22.4. The lowest BCUT2D eigenvalue weighted by atomic mass is 9.88. The maximum Gasteiger partial charge on any atom is 0.407 e. The molecule has 0 aromatic rings. The summed E-state index contributed by atoms with van der Waals surface area (Å²) in [5.74, 6) is 0. The zero-order valence-corrected chi connectivity index (χ0v) is 11.0. The molecular weight excluding hydrogens is 297 g/mol. The molecule has 14 heavy (non-hydrogen) atoms.